The van der Waals surface area contributed by atoms with Gasteiger partial charge in [-0.2, -0.15) is 0 Å². The van der Waals surface area contributed by atoms with Crippen molar-refractivity contribution < 1.29 is 4.74 Å². The van der Waals surface area contributed by atoms with Crippen molar-refractivity contribution in [2.45, 2.75) is 50.6 Å². The number of benzene rings is 1. The zero-order valence-corrected chi connectivity index (χ0v) is 11.2. The predicted octanol–water partition coefficient (Wildman–Crippen LogP) is 3.01. The summed E-state index contributed by atoms with van der Waals surface area (Å²) in [5.74, 6) is 0.771. The highest BCUT2D eigenvalue weighted by molar-refractivity contribution is 5.31. The van der Waals surface area contributed by atoms with Gasteiger partial charge in [0.05, 0.1) is 6.61 Å². The molecule has 1 saturated carbocycles. The first-order chi connectivity index (χ1) is 8.83. The summed E-state index contributed by atoms with van der Waals surface area (Å²) in [5.41, 5.74) is 3.00. The topological polar surface area (TPSA) is 21.3 Å². The maximum Gasteiger partial charge on any atom is 0.0619 e. The predicted molar refractivity (Wildman–Crippen MR) is 73.9 cm³/mol. The third-order valence-corrected chi connectivity index (χ3v) is 4.40. The van der Waals surface area contributed by atoms with E-state index in [0.717, 1.165) is 19.1 Å². The summed E-state index contributed by atoms with van der Waals surface area (Å²) >= 11 is 0. The third-order valence-electron chi connectivity index (χ3n) is 4.40. The van der Waals surface area contributed by atoms with Crippen molar-refractivity contribution in [3.05, 3.63) is 35.4 Å². The number of ether oxygens (including phenoxy) is 1. The van der Waals surface area contributed by atoms with Crippen LogP contribution in [-0.2, 0) is 4.74 Å². The van der Waals surface area contributed by atoms with Gasteiger partial charge < -0.3 is 10.1 Å². The quantitative estimate of drug-likeness (QED) is 0.884. The lowest BCUT2D eigenvalue weighted by Crippen LogP contribution is -2.48. The summed E-state index contributed by atoms with van der Waals surface area (Å²) in [5, 5.41) is 3.75. The molecule has 1 saturated heterocycles. The van der Waals surface area contributed by atoms with E-state index < -0.39 is 0 Å². The Hall–Kier alpha value is -0.860. The van der Waals surface area contributed by atoms with E-state index in [2.05, 4.69) is 36.5 Å². The highest BCUT2D eigenvalue weighted by atomic mass is 16.5. The molecule has 0 aromatic heterocycles. The van der Waals surface area contributed by atoms with Gasteiger partial charge in [0, 0.05) is 18.7 Å². The van der Waals surface area contributed by atoms with E-state index in [9.17, 15) is 0 Å². The number of aryl methyl sites for hydroxylation is 1. The van der Waals surface area contributed by atoms with Crippen molar-refractivity contribution in [3.8, 4) is 0 Å². The molecule has 18 heavy (non-hydrogen) atoms. The summed E-state index contributed by atoms with van der Waals surface area (Å²) < 4.78 is 5.52. The van der Waals surface area contributed by atoms with E-state index in [1.807, 2.05) is 0 Å². The van der Waals surface area contributed by atoms with Gasteiger partial charge in [0.2, 0.25) is 0 Å². The minimum atomic E-state index is 0.599. The molecule has 1 aromatic rings. The molecule has 2 aliphatic rings. The molecule has 2 heteroatoms. The van der Waals surface area contributed by atoms with Gasteiger partial charge in [-0.05, 0) is 49.7 Å². The van der Waals surface area contributed by atoms with Gasteiger partial charge in [-0.15, -0.1) is 0 Å². The number of nitrogens with one attached hydrogen (secondary N) is 1. The van der Waals surface area contributed by atoms with E-state index in [4.69, 9.17) is 4.74 Å². The lowest BCUT2D eigenvalue weighted by atomic mass is 9.74. The van der Waals surface area contributed by atoms with Gasteiger partial charge in [-0.25, -0.2) is 0 Å². The van der Waals surface area contributed by atoms with Crippen molar-refractivity contribution in [1.29, 1.82) is 0 Å². The van der Waals surface area contributed by atoms with Gasteiger partial charge in [0.1, 0.15) is 0 Å². The lowest BCUT2D eigenvalue weighted by molar-refractivity contribution is 0.0600. The van der Waals surface area contributed by atoms with E-state index in [1.54, 1.807) is 5.56 Å². The molecule has 1 N–H and O–H groups in total. The molecule has 0 spiro atoms. The van der Waals surface area contributed by atoms with Crippen LogP contribution < -0.4 is 5.32 Å². The maximum atomic E-state index is 5.52. The van der Waals surface area contributed by atoms with Crippen LogP contribution >= 0.6 is 0 Å². The molecule has 98 valence electrons. The Balaban J connectivity index is 1.49. The van der Waals surface area contributed by atoms with Crippen molar-refractivity contribution in [2.24, 2.45) is 0 Å². The average Bonchev–Trinajstić information content (AvgIpc) is 2.36. The van der Waals surface area contributed by atoms with Crippen LogP contribution in [0.1, 0.15) is 42.7 Å². The van der Waals surface area contributed by atoms with Crippen LogP contribution in [0.15, 0.2) is 24.3 Å². The number of rotatable bonds is 3. The maximum absolute atomic E-state index is 5.52. The summed E-state index contributed by atoms with van der Waals surface area (Å²) in [6.45, 7) is 4.09. The zero-order valence-electron chi connectivity index (χ0n) is 11.2. The first-order valence-corrected chi connectivity index (χ1v) is 7.22. The molecule has 1 aliphatic heterocycles. The third kappa shape index (κ3) is 2.60. The molecule has 2 fully saturated rings. The van der Waals surface area contributed by atoms with Gasteiger partial charge in [-0.3, -0.25) is 0 Å². The SMILES string of the molecule is Cc1ccccc1C1CC(NC2CCCOC2)C1. The van der Waals surface area contributed by atoms with E-state index >= 15 is 0 Å². The fraction of sp³-hybridized carbons (Fsp3) is 0.625. The van der Waals surface area contributed by atoms with Crippen LogP contribution in [0, 0.1) is 6.92 Å². The second kappa shape index (κ2) is 5.41. The van der Waals surface area contributed by atoms with Crippen molar-refractivity contribution >= 4 is 0 Å². The molecular weight excluding hydrogens is 222 g/mol. The molecular formula is C16H23NO. The summed E-state index contributed by atoms with van der Waals surface area (Å²) in [6, 6.07) is 10.1. The van der Waals surface area contributed by atoms with Crippen LogP contribution in [-0.4, -0.2) is 25.3 Å². The van der Waals surface area contributed by atoms with Crippen molar-refractivity contribution in [2.75, 3.05) is 13.2 Å². The lowest BCUT2D eigenvalue weighted by Gasteiger charge is -2.40. The van der Waals surface area contributed by atoms with E-state index in [1.165, 1.54) is 31.2 Å². The molecule has 1 unspecified atom stereocenters. The molecule has 0 bridgehead atoms. The van der Waals surface area contributed by atoms with E-state index in [0.29, 0.717) is 12.1 Å². The molecule has 1 heterocycles. The van der Waals surface area contributed by atoms with Gasteiger partial charge >= 0.3 is 0 Å². The smallest absolute Gasteiger partial charge is 0.0619 e. The van der Waals surface area contributed by atoms with Crippen LogP contribution in [0.25, 0.3) is 0 Å². The Labute approximate surface area is 110 Å². The van der Waals surface area contributed by atoms with Crippen molar-refractivity contribution in [3.63, 3.8) is 0 Å². The van der Waals surface area contributed by atoms with Crippen LogP contribution in [0.3, 0.4) is 0 Å². The van der Waals surface area contributed by atoms with Crippen LogP contribution in [0.4, 0.5) is 0 Å². The Morgan fingerprint density at radius 1 is 1.17 bits per heavy atom. The molecule has 0 amide bonds. The molecule has 3 rings (SSSR count). The standard InChI is InChI=1S/C16H23NO/c1-12-5-2-3-7-16(12)13-9-15(10-13)17-14-6-4-8-18-11-14/h2-3,5,7,13-15,17H,4,6,8-11H2,1H3. The first-order valence-electron chi connectivity index (χ1n) is 7.22. The van der Waals surface area contributed by atoms with Crippen LogP contribution in [0.2, 0.25) is 0 Å². The fourth-order valence-corrected chi connectivity index (χ4v) is 3.26. The Morgan fingerprint density at radius 2 is 2.00 bits per heavy atom. The second-order valence-electron chi connectivity index (χ2n) is 5.80. The first kappa shape index (κ1) is 12.2. The highest BCUT2D eigenvalue weighted by Gasteiger charge is 2.32. The van der Waals surface area contributed by atoms with E-state index in [-0.39, 0.29) is 0 Å². The molecule has 1 aliphatic carbocycles. The van der Waals surface area contributed by atoms with Crippen LogP contribution in [0.5, 0.6) is 0 Å². The monoisotopic (exact) mass is 245 g/mol. The summed E-state index contributed by atoms with van der Waals surface area (Å²) in [4.78, 5) is 0. The number of hydrogen-bond acceptors (Lipinski definition) is 2. The molecule has 0 radical (unpaired) electrons. The summed E-state index contributed by atoms with van der Waals surface area (Å²) in [7, 11) is 0. The Kier molecular flexibility index (Phi) is 3.67. The minimum Gasteiger partial charge on any atom is -0.380 e. The Morgan fingerprint density at radius 3 is 2.72 bits per heavy atom. The molecule has 1 aromatic carbocycles. The fourth-order valence-electron chi connectivity index (χ4n) is 3.26. The molecule has 2 nitrogen and oxygen atoms in total. The second-order valence-corrected chi connectivity index (χ2v) is 5.80. The van der Waals surface area contributed by atoms with Gasteiger partial charge in [-0.1, -0.05) is 24.3 Å². The largest absolute Gasteiger partial charge is 0.380 e. The summed E-state index contributed by atoms with van der Waals surface area (Å²) in [6.07, 6.45) is 5.08. The average molecular weight is 245 g/mol. The normalized spacial score (nSPS) is 31.9. The minimum absolute atomic E-state index is 0.599. The Bertz CT molecular complexity index is 392. The molecule has 1 atom stereocenters. The van der Waals surface area contributed by atoms with Crippen molar-refractivity contribution in [1.82, 2.24) is 5.32 Å². The zero-order chi connectivity index (χ0) is 12.4. The number of hydrogen-bond donors (Lipinski definition) is 1. The highest BCUT2D eigenvalue weighted by Crippen LogP contribution is 2.38. The van der Waals surface area contributed by atoms with Gasteiger partial charge in [0.15, 0.2) is 0 Å². The van der Waals surface area contributed by atoms with Gasteiger partial charge in [0.25, 0.3) is 0 Å².